The molecule has 0 heterocycles. The molecule has 1 N–H and O–H groups in total. The topological polar surface area (TPSA) is 21.3 Å². The van der Waals surface area contributed by atoms with Crippen LogP contribution in [0.15, 0.2) is 18.2 Å². The Labute approximate surface area is 121 Å². The van der Waals surface area contributed by atoms with Crippen molar-refractivity contribution in [2.75, 3.05) is 19.9 Å². The van der Waals surface area contributed by atoms with E-state index in [4.69, 9.17) is 4.74 Å². The molecule has 0 saturated heterocycles. The van der Waals surface area contributed by atoms with Crippen LogP contribution in [0.3, 0.4) is 0 Å². The Balaban J connectivity index is 2.09. The van der Waals surface area contributed by atoms with Crippen LogP contribution >= 0.6 is 11.8 Å². The molecule has 0 bridgehead atoms. The summed E-state index contributed by atoms with van der Waals surface area (Å²) < 4.78 is 5.35. The van der Waals surface area contributed by atoms with E-state index < -0.39 is 0 Å². The van der Waals surface area contributed by atoms with E-state index in [-0.39, 0.29) is 0 Å². The summed E-state index contributed by atoms with van der Waals surface area (Å²) in [6, 6.07) is 6.95. The summed E-state index contributed by atoms with van der Waals surface area (Å²) in [7, 11) is 3.80. The van der Waals surface area contributed by atoms with Gasteiger partial charge in [0.1, 0.15) is 5.75 Å². The van der Waals surface area contributed by atoms with Gasteiger partial charge in [-0.05, 0) is 48.4 Å². The molecule has 3 unspecified atom stereocenters. The van der Waals surface area contributed by atoms with Crippen molar-refractivity contribution < 1.29 is 4.74 Å². The van der Waals surface area contributed by atoms with Gasteiger partial charge in [-0.2, -0.15) is 11.8 Å². The fourth-order valence-electron chi connectivity index (χ4n) is 2.61. The third-order valence-corrected chi connectivity index (χ3v) is 5.71. The molecule has 19 heavy (non-hydrogen) atoms. The summed E-state index contributed by atoms with van der Waals surface area (Å²) >= 11 is 2.12. The van der Waals surface area contributed by atoms with Crippen molar-refractivity contribution >= 4 is 11.8 Å². The lowest BCUT2D eigenvalue weighted by Crippen LogP contribution is -2.24. The van der Waals surface area contributed by atoms with Crippen LogP contribution in [0.25, 0.3) is 0 Å². The van der Waals surface area contributed by atoms with Crippen LogP contribution in [-0.4, -0.2) is 25.2 Å². The molecular formula is C16H25NOS. The largest absolute Gasteiger partial charge is 0.497 e. The van der Waals surface area contributed by atoms with E-state index in [1.165, 1.54) is 29.7 Å². The van der Waals surface area contributed by atoms with Crippen LogP contribution in [-0.2, 0) is 6.42 Å². The second kappa shape index (κ2) is 6.67. The van der Waals surface area contributed by atoms with Crippen molar-refractivity contribution in [2.24, 2.45) is 5.92 Å². The number of thioether (sulfide) groups is 1. The van der Waals surface area contributed by atoms with E-state index in [2.05, 4.69) is 56.2 Å². The van der Waals surface area contributed by atoms with Gasteiger partial charge in [0.05, 0.1) is 7.11 Å². The maximum Gasteiger partial charge on any atom is 0.119 e. The van der Waals surface area contributed by atoms with E-state index in [0.29, 0.717) is 11.3 Å². The minimum atomic E-state index is 0.458. The summed E-state index contributed by atoms with van der Waals surface area (Å²) in [4.78, 5) is 0. The Morgan fingerprint density at radius 2 is 2.26 bits per heavy atom. The summed E-state index contributed by atoms with van der Waals surface area (Å²) in [6.45, 7) is 4.61. The molecule has 1 aliphatic rings. The number of fused-ring (bicyclic) bond motifs is 1. The molecule has 0 amide bonds. The zero-order valence-electron chi connectivity index (χ0n) is 12.4. The lowest BCUT2D eigenvalue weighted by atomic mass is 10.1. The number of methoxy groups -OCH3 is 1. The predicted molar refractivity (Wildman–Crippen MR) is 84.2 cm³/mol. The van der Waals surface area contributed by atoms with Gasteiger partial charge in [0.25, 0.3) is 0 Å². The fourth-order valence-corrected chi connectivity index (χ4v) is 4.20. The molecule has 0 aromatic heterocycles. The zero-order valence-corrected chi connectivity index (χ0v) is 13.2. The molecule has 0 aliphatic heterocycles. The van der Waals surface area contributed by atoms with E-state index in [0.717, 1.165) is 11.7 Å². The van der Waals surface area contributed by atoms with Gasteiger partial charge in [0.2, 0.25) is 0 Å². The second-order valence-corrected chi connectivity index (χ2v) is 6.69. The molecule has 106 valence electrons. The number of nitrogens with one attached hydrogen (secondary N) is 1. The smallest absolute Gasteiger partial charge is 0.119 e. The maximum atomic E-state index is 5.35. The number of rotatable bonds is 6. The monoisotopic (exact) mass is 279 g/mol. The first-order valence-electron chi connectivity index (χ1n) is 7.15. The van der Waals surface area contributed by atoms with Crippen molar-refractivity contribution in [3.05, 3.63) is 29.3 Å². The van der Waals surface area contributed by atoms with Gasteiger partial charge in [-0.15, -0.1) is 0 Å². The Bertz CT molecular complexity index is 421. The van der Waals surface area contributed by atoms with Crippen LogP contribution in [0.5, 0.6) is 5.75 Å². The van der Waals surface area contributed by atoms with Gasteiger partial charge in [0.15, 0.2) is 0 Å². The quantitative estimate of drug-likeness (QED) is 0.858. The van der Waals surface area contributed by atoms with Gasteiger partial charge >= 0.3 is 0 Å². The van der Waals surface area contributed by atoms with E-state index in [9.17, 15) is 0 Å². The van der Waals surface area contributed by atoms with Gasteiger partial charge in [-0.3, -0.25) is 0 Å². The Kier molecular flexibility index (Phi) is 5.17. The Morgan fingerprint density at radius 1 is 1.47 bits per heavy atom. The standard InChI is InChI=1S/C16H25NOS/c1-5-11(2)10-19-15-8-12-6-7-13(18-4)9-14(12)16(15)17-3/h6-7,9,11,15-17H,5,8,10H2,1-4H3. The molecule has 1 aromatic rings. The highest BCUT2D eigenvalue weighted by Gasteiger charge is 2.32. The molecule has 2 rings (SSSR count). The van der Waals surface area contributed by atoms with Gasteiger partial charge in [0, 0.05) is 11.3 Å². The zero-order chi connectivity index (χ0) is 13.8. The first kappa shape index (κ1) is 14.7. The third kappa shape index (κ3) is 3.26. The minimum Gasteiger partial charge on any atom is -0.497 e. The van der Waals surface area contributed by atoms with Gasteiger partial charge < -0.3 is 10.1 Å². The van der Waals surface area contributed by atoms with Crippen LogP contribution in [0, 0.1) is 5.92 Å². The van der Waals surface area contributed by atoms with Crippen LogP contribution in [0.1, 0.15) is 37.4 Å². The molecule has 0 spiro atoms. The summed E-state index contributed by atoms with van der Waals surface area (Å²) in [6.07, 6.45) is 2.44. The van der Waals surface area contributed by atoms with Crippen molar-refractivity contribution in [1.82, 2.24) is 5.32 Å². The molecule has 0 saturated carbocycles. The van der Waals surface area contributed by atoms with Crippen LogP contribution < -0.4 is 10.1 Å². The van der Waals surface area contributed by atoms with Crippen molar-refractivity contribution in [3.63, 3.8) is 0 Å². The third-order valence-electron chi connectivity index (χ3n) is 4.08. The predicted octanol–water partition coefficient (Wildman–Crippen LogP) is 3.66. The minimum absolute atomic E-state index is 0.458. The summed E-state index contributed by atoms with van der Waals surface area (Å²) in [5.74, 6) is 3.03. The molecule has 0 radical (unpaired) electrons. The van der Waals surface area contributed by atoms with E-state index in [1.807, 2.05) is 0 Å². The van der Waals surface area contributed by atoms with Crippen molar-refractivity contribution in [2.45, 2.75) is 38.0 Å². The van der Waals surface area contributed by atoms with Gasteiger partial charge in [-0.25, -0.2) is 0 Å². The summed E-state index contributed by atoms with van der Waals surface area (Å²) in [5.41, 5.74) is 2.89. The van der Waals surface area contributed by atoms with Crippen LogP contribution in [0.2, 0.25) is 0 Å². The number of ether oxygens (including phenoxy) is 1. The molecule has 0 fully saturated rings. The van der Waals surface area contributed by atoms with Crippen LogP contribution in [0.4, 0.5) is 0 Å². The molecule has 1 aromatic carbocycles. The molecule has 3 atom stereocenters. The molecule has 1 aliphatic carbocycles. The highest BCUT2D eigenvalue weighted by atomic mass is 32.2. The van der Waals surface area contributed by atoms with E-state index in [1.54, 1.807) is 7.11 Å². The summed E-state index contributed by atoms with van der Waals surface area (Å²) in [5, 5.41) is 4.14. The Hall–Kier alpha value is -0.670. The molecule has 2 nitrogen and oxygen atoms in total. The SMILES string of the molecule is CCC(C)CSC1Cc2ccc(OC)cc2C1NC. The van der Waals surface area contributed by atoms with Crippen molar-refractivity contribution in [3.8, 4) is 5.75 Å². The van der Waals surface area contributed by atoms with Gasteiger partial charge in [-0.1, -0.05) is 26.3 Å². The number of hydrogen-bond acceptors (Lipinski definition) is 3. The molecular weight excluding hydrogens is 254 g/mol. The fraction of sp³-hybridized carbons (Fsp3) is 0.625. The number of hydrogen-bond donors (Lipinski definition) is 1. The highest BCUT2D eigenvalue weighted by molar-refractivity contribution is 7.99. The average Bonchev–Trinajstić information content (AvgIpc) is 2.80. The number of benzene rings is 1. The molecule has 3 heteroatoms. The normalized spacial score (nSPS) is 23.2. The second-order valence-electron chi connectivity index (χ2n) is 5.42. The lowest BCUT2D eigenvalue weighted by molar-refractivity contribution is 0.413. The van der Waals surface area contributed by atoms with Crippen molar-refractivity contribution in [1.29, 1.82) is 0 Å². The highest BCUT2D eigenvalue weighted by Crippen LogP contribution is 2.40. The van der Waals surface area contributed by atoms with E-state index >= 15 is 0 Å². The lowest BCUT2D eigenvalue weighted by Gasteiger charge is -2.21. The first-order chi connectivity index (χ1) is 9.19. The Morgan fingerprint density at radius 3 is 2.89 bits per heavy atom. The average molecular weight is 279 g/mol. The maximum absolute atomic E-state index is 5.35. The first-order valence-corrected chi connectivity index (χ1v) is 8.20.